The van der Waals surface area contributed by atoms with E-state index in [0.29, 0.717) is 0 Å². The lowest BCUT2D eigenvalue weighted by molar-refractivity contribution is -0.131. The Bertz CT molecular complexity index is 641. The molecule has 2 nitrogen and oxygen atoms in total. The third kappa shape index (κ3) is 2.17. The molecule has 0 heterocycles. The molecular weight excluding hydrogens is 236 g/mol. The van der Waals surface area contributed by atoms with E-state index in [-0.39, 0.29) is 5.92 Å². The van der Waals surface area contributed by atoms with Crippen molar-refractivity contribution in [1.29, 1.82) is 0 Å². The number of hydrogen-bond acceptors (Lipinski definition) is 1. The molecule has 2 heteroatoms. The Kier molecular flexibility index (Phi) is 2.92. The molecule has 0 fully saturated rings. The highest BCUT2D eigenvalue weighted by atomic mass is 16.4. The number of carboxylic acids is 1. The first-order chi connectivity index (χ1) is 9.25. The van der Waals surface area contributed by atoms with Gasteiger partial charge in [0.05, 0.1) is 0 Å². The quantitative estimate of drug-likeness (QED) is 0.825. The third-order valence-corrected chi connectivity index (χ3v) is 3.61. The fraction of sp³-hybridized carbons (Fsp3) is 0.118. The number of aliphatic carboxylic acids is 1. The highest BCUT2D eigenvalue weighted by Gasteiger charge is 2.27. The Hall–Kier alpha value is -2.35. The van der Waals surface area contributed by atoms with Gasteiger partial charge in [0, 0.05) is 12.0 Å². The van der Waals surface area contributed by atoms with E-state index in [4.69, 9.17) is 5.11 Å². The zero-order chi connectivity index (χ0) is 13.2. The molecule has 2 aromatic carbocycles. The molecule has 1 unspecified atom stereocenters. The van der Waals surface area contributed by atoms with Gasteiger partial charge in [-0.15, -0.1) is 0 Å². The van der Waals surface area contributed by atoms with Crippen LogP contribution in [0.3, 0.4) is 0 Å². The van der Waals surface area contributed by atoms with Gasteiger partial charge >= 0.3 is 5.97 Å². The molecule has 0 radical (unpaired) electrons. The van der Waals surface area contributed by atoms with Gasteiger partial charge in [0.15, 0.2) is 0 Å². The van der Waals surface area contributed by atoms with Crippen molar-refractivity contribution in [3.63, 3.8) is 0 Å². The van der Waals surface area contributed by atoms with Crippen LogP contribution in [0.4, 0.5) is 0 Å². The van der Waals surface area contributed by atoms with Gasteiger partial charge in [0.2, 0.25) is 0 Å². The molecule has 0 bridgehead atoms. The van der Waals surface area contributed by atoms with Crippen molar-refractivity contribution in [2.24, 2.45) is 0 Å². The van der Waals surface area contributed by atoms with Crippen LogP contribution in [-0.4, -0.2) is 11.1 Å². The molecule has 0 spiro atoms. The number of allylic oxidation sites excluding steroid dienone is 1. The van der Waals surface area contributed by atoms with Gasteiger partial charge in [-0.1, -0.05) is 54.6 Å². The van der Waals surface area contributed by atoms with Crippen molar-refractivity contribution in [3.05, 3.63) is 77.4 Å². The second-order valence-corrected chi connectivity index (χ2v) is 4.76. The minimum absolute atomic E-state index is 0.267. The fourth-order valence-corrected chi connectivity index (χ4v) is 2.80. The zero-order valence-electron chi connectivity index (χ0n) is 10.4. The summed E-state index contributed by atoms with van der Waals surface area (Å²) >= 11 is 0. The average Bonchev–Trinajstić information content (AvgIpc) is 2.78. The van der Waals surface area contributed by atoms with E-state index in [1.165, 1.54) is 17.2 Å². The number of fused-ring (bicyclic) bond motifs is 1. The summed E-state index contributed by atoms with van der Waals surface area (Å²) in [5, 5.41) is 8.98. The van der Waals surface area contributed by atoms with E-state index in [1.54, 1.807) is 0 Å². The van der Waals surface area contributed by atoms with E-state index in [1.807, 2.05) is 36.4 Å². The highest BCUT2D eigenvalue weighted by Crippen LogP contribution is 2.44. The van der Waals surface area contributed by atoms with Crippen LogP contribution in [0.1, 0.15) is 29.0 Å². The van der Waals surface area contributed by atoms with E-state index in [2.05, 4.69) is 18.2 Å². The van der Waals surface area contributed by atoms with Crippen LogP contribution in [-0.2, 0) is 4.79 Å². The number of hydrogen-bond donors (Lipinski definition) is 1. The molecule has 0 saturated heterocycles. The Balaban J connectivity index is 2.09. The van der Waals surface area contributed by atoms with Gasteiger partial charge in [-0.2, -0.15) is 0 Å². The highest BCUT2D eigenvalue weighted by molar-refractivity contribution is 5.92. The molecule has 2 aromatic rings. The summed E-state index contributed by atoms with van der Waals surface area (Å²) in [6.45, 7) is 0. The lowest BCUT2D eigenvalue weighted by Gasteiger charge is -2.11. The zero-order valence-corrected chi connectivity index (χ0v) is 10.4. The van der Waals surface area contributed by atoms with Gasteiger partial charge < -0.3 is 5.11 Å². The number of rotatable bonds is 2. The van der Waals surface area contributed by atoms with Crippen LogP contribution in [0, 0.1) is 0 Å². The van der Waals surface area contributed by atoms with Crippen molar-refractivity contribution in [2.75, 3.05) is 0 Å². The van der Waals surface area contributed by atoms with Crippen LogP contribution in [0.2, 0.25) is 0 Å². The van der Waals surface area contributed by atoms with Crippen LogP contribution in [0.15, 0.2) is 60.7 Å². The molecule has 1 aliphatic rings. The summed E-state index contributed by atoms with van der Waals surface area (Å²) in [4.78, 5) is 10.9. The molecule has 0 aliphatic heterocycles. The van der Waals surface area contributed by atoms with Crippen molar-refractivity contribution in [1.82, 2.24) is 0 Å². The summed E-state index contributed by atoms with van der Waals surface area (Å²) < 4.78 is 0. The molecule has 0 amide bonds. The third-order valence-electron chi connectivity index (χ3n) is 3.61. The topological polar surface area (TPSA) is 37.3 Å². The SMILES string of the molecule is O=C(O)C=C1CC(c2ccccc2)c2ccccc21. The van der Waals surface area contributed by atoms with Crippen LogP contribution in [0.25, 0.3) is 5.57 Å². The Morgan fingerprint density at radius 1 is 1.05 bits per heavy atom. The van der Waals surface area contributed by atoms with Gasteiger partial charge in [0.25, 0.3) is 0 Å². The molecule has 94 valence electrons. The maximum absolute atomic E-state index is 10.9. The lowest BCUT2D eigenvalue weighted by atomic mass is 9.93. The van der Waals surface area contributed by atoms with Crippen molar-refractivity contribution < 1.29 is 9.90 Å². The maximum Gasteiger partial charge on any atom is 0.328 e. The lowest BCUT2D eigenvalue weighted by Crippen LogP contribution is -1.95. The Labute approximate surface area is 112 Å². The molecule has 1 aliphatic carbocycles. The molecule has 1 atom stereocenters. The van der Waals surface area contributed by atoms with Gasteiger partial charge in [-0.25, -0.2) is 4.79 Å². The predicted molar refractivity (Wildman–Crippen MR) is 75.0 cm³/mol. The minimum atomic E-state index is -0.876. The van der Waals surface area contributed by atoms with E-state index < -0.39 is 5.97 Å². The summed E-state index contributed by atoms with van der Waals surface area (Å²) in [6.07, 6.45) is 2.09. The summed E-state index contributed by atoms with van der Waals surface area (Å²) in [7, 11) is 0. The largest absolute Gasteiger partial charge is 0.478 e. The predicted octanol–water partition coefficient (Wildman–Crippen LogP) is 3.69. The summed E-state index contributed by atoms with van der Waals surface area (Å²) in [5.41, 5.74) is 4.45. The van der Waals surface area contributed by atoms with Crippen LogP contribution in [0.5, 0.6) is 0 Å². The summed E-state index contributed by atoms with van der Waals surface area (Å²) in [5.74, 6) is -0.610. The maximum atomic E-state index is 10.9. The van der Waals surface area contributed by atoms with E-state index in [0.717, 1.165) is 17.6 Å². The van der Waals surface area contributed by atoms with E-state index in [9.17, 15) is 4.79 Å². The van der Waals surface area contributed by atoms with Gasteiger partial charge in [-0.3, -0.25) is 0 Å². The first kappa shape index (κ1) is 11.7. The fourth-order valence-electron chi connectivity index (χ4n) is 2.80. The van der Waals surface area contributed by atoms with Crippen LogP contribution < -0.4 is 0 Å². The standard InChI is InChI=1S/C17H14O2/c18-17(19)11-13-10-16(12-6-2-1-3-7-12)15-9-5-4-8-14(13)15/h1-9,11,16H,10H2,(H,18,19). The minimum Gasteiger partial charge on any atom is -0.478 e. The number of carboxylic acid groups (broad SMARTS) is 1. The first-order valence-corrected chi connectivity index (χ1v) is 6.33. The monoisotopic (exact) mass is 250 g/mol. The molecule has 3 rings (SSSR count). The smallest absolute Gasteiger partial charge is 0.328 e. The van der Waals surface area contributed by atoms with Gasteiger partial charge in [-0.05, 0) is 28.7 Å². The Morgan fingerprint density at radius 2 is 1.74 bits per heavy atom. The number of carbonyl (C=O) groups is 1. The average molecular weight is 250 g/mol. The van der Waals surface area contributed by atoms with E-state index >= 15 is 0 Å². The molecular formula is C17H14O2. The molecule has 1 N–H and O–H groups in total. The first-order valence-electron chi connectivity index (χ1n) is 6.33. The van der Waals surface area contributed by atoms with Crippen molar-refractivity contribution in [2.45, 2.75) is 12.3 Å². The second-order valence-electron chi connectivity index (χ2n) is 4.76. The summed E-state index contributed by atoms with van der Waals surface area (Å²) in [6, 6.07) is 18.3. The molecule has 19 heavy (non-hydrogen) atoms. The van der Waals surface area contributed by atoms with Gasteiger partial charge in [0.1, 0.15) is 0 Å². The van der Waals surface area contributed by atoms with Crippen LogP contribution >= 0.6 is 0 Å². The molecule has 0 saturated carbocycles. The number of benzene rings is 2. The normalized spacial score (nSPS) is 19.4. The van der Waals surface area contributed by atoms with Crippen molar-refractivity contribution >= 4 is 11.5 Å². The second kappa shape index (κ2) is 4.73. The Morgan fingerprint density at radius 3 is 2.47 bits per heavy atom. The molecule has 0 aromatic heterocycles. The van der Waals surface area contributed by atoms with Crippen molar-refractivity contribution in [3.8, 4) is 0 Å².